The monoisotopic (exact) mass is 302 g/mol. The Bertz CT molecular complexity index is 644. The smallest absolute Gasteiger partial charge is 0.234 e. The van der Waals surface area contributed by atoms with Crippen molar-refractivity contribution in [3.8, 4) is 5.75 Å². The number of nitrogen functional groups attached to an aromatic ring is 1. The molecule has 0 saturated carbocycles. The van der Waals surface area contributed by atoms with Crippen LogP contribution in [-0.4, -0.2) is 18.8 Å². The fourth-order valence-corrected chi connectivity index (χ4v) is 2.69. The molecular weight excluding hydrogens is 284 g/mol. The van der Waals surface area contributed by atoms with Crippen LogP contribution < -0.4 is 15.8 Å². The zero-order chi connectivity index (χ0) is 15.2. The zero-order valence-corrected chi connectivity index (χ0v) is 12.9. The summed E-state index contributed by atoms with van der Waals surface area (Å²) < 4.78 is 5.21. The van der Waals surface area contributed by atoms with Crippen molar-refractivity contribution in [2.24, 2.45) is 0 Å². The SMILES string of the molecule is COc1cc(N)ccc1NC(=O)CSc1ccccc1C. The molecule has 0 spiro atoms. The Balaban J connectivity index is 1.98. The number of hydrogen-bond acceptors (Lipinski definition) is 4. The Kier molecular flexibility index (Phi) is 5.11. The summed E-state index contributed by atoms with van der Waals surface area (Å²) >= 11 is 1.51. The largest absolute Gasteiger partial charge is 0.494 e. The van der Waals surface area contributed by atoms with Crippen LogP contribution in [0.1, 0.15) is 5.56 Å². The van der Waals surface area contributed by atoms with Crippen LogP contribution >= 0.6 is 11.8 Å². The number of benzene rings is 2. The second kappa shape index (κ2) is 7.04. The summed E-state index contributed by atoms with van der Waals surface area (Å²) in [7, 11) is 1.55. The summed E-state index contributed by atoms with van der Waals surface area (Å²) in [5.74, 6) is 0.828. The topological polar surface area (TPSA) is 64.3 Å². The van der Waals surface area contributed by atoms with E-state index in [1.807, 2.05) is 31.2 Å². The lowest BCUT2D eigenvalue weighted by atomic mass is 10.2. The molecule has 2 aromatic rings. The highest BCUT2D eigenvalue weighted by atomic mass is 32.2. The van der Waals surface area contributed by atoms with E-state index < -0.39 is 0 Å². The molecule has 0 unspecified atom stereocenters. The molecule has 4 nitrogen and oxygen atoms in total. The van der Waals surface area contributed by atoms with E-state index in [1.54, 1.807) is 25.3 Å². The van der Waals surface area contributed by atoms with Crippen molar-refractivity contribution in [3.63, 3.8) is 0 Å². The van der Waals surface area contributed by atoms with Gasteiger partial charge in [0.15, 0.2) is 0 Å². The van der Waals surface area contributed by atoms with Crippen LogP contribution in [0, 0.1) is 6.92 Å². The highest BCUT2D eigenvalue weighted by molar-refractivity contribution is 8.00. The number of nitrogens with two attached hydrogens (primary N) is 1. The van der Waals surface area contributed by atoms with Gasteiger partial charge < -0.3 is 15.8 Å². The Morgan fingerprint density at radius 1 is 1.29 bits per heavy atom. The third-order valence-electron chi connectivity index (χ3n) is 2.95. The standard InChI is InChI=1S/C16H18N2O2S/c1-11-5-3-4-6-15(11)21-10-16(19)18-13-8-7-12(17)9-14(13)20-2/h3-9H,10,17H2,1-2H3,(H,18,19). The first-order valence-electron chi connectivity index (χ1n) is 6.52. The molecule has 21 heavy (non-hydrogen) atoms. The van der Waals surface area contributed by atoms with E-state index in [0.29, 0.717) is 22.9 Å². The van der Waals surface area contributed by atoms with Gasteiger partial charge in [0.05, 0.1) is 18.6 Å². The van der Waals surface area contributed by atoms with Gasteiger partial charge in [0.1, 0.15) is 5.75 Å². The van der Waals surface area contributed by atoms with Gasteiger partial charge in [0.2, 0.25) is 5.91 Å². The summed E-state index contributed by atoms with van der Waals surface area (Å²) in [6.45, 7) is 2.03. The molecule has 0 aromatic heterocycles. The van der Waals surface area contributed by atoms with Crippen LogP contribution in [0.2, 0.25) is 0 Å². The minimum Gasteiger partial charge on any atom is -0.494 e. The molecular formula is C16H18N2O2S. The molecule has 0 aliphatic carbocycles. The molecule has 0 bridgehead atoms. The van der Waals surface area contributed by atoms with Crippen molar-refractivity contribution in [2.75, 3.05) is 23.9 Å². The van der Waals surface area contributed by atoms with Crippen molar-refractivity contribution < 1.29 is 9.53 Å². The van der Waals surface area contributed by atoms with Gasteiger partial charge >= 0.3 is 0 Å². The molecule has 0 aliphatic rings. The summed E-state index contributed by atoms with van der Waals surface area (Å²) in [5.41, 5.74) is 8.08. The lowest BCUT2D eigenvalue weighted by Crippen LogP contribution is -2.14. The highest BCUT2D eigenvalue weighted by Crippen LogP contribution is 2.27. The first-order chi connectivity index (χ1) is 10.1. The van der Waals surface area contributed by atoms with E-state index in [4.69, 9.17) is 10.5 Å². The number of carbonyl (C=O) groups is 1. The van der Waals surface area contributed by atoms with Gasteiger partial charge in [-0.25, -0.2) is 0 Å². The molecule has 0 fully saturated rings. The quantitative estimate of drug-likeness (QED) is 0.657. The van der Waals surface area contributed by atoms with E-state index in [2.05, 4.69) is 5.32 Å². The minimum absolute atomic E-state index is 0.0775. The average molecular weight is 302 g/mol. The van der Waals surface area contributed by atoms with Gasteiger partial charge in [-0.2, -0.15) is 0 Å². The first-order valence-corrected chi connectivity index (χ1v) is 7.50. The summed E-state index contributed by atoms with van der Waals surface area (Å²) in [6, 6.07) is 13.1. The van der Waals surface area contributed by atoms with Crippen LogP contribution in [0.3, 0.4) is 0 Å². The van der Waals surface area contributed by atoms with Gasteiger partial charge in [-0.1, -0.05) is 18.2 Å². The zero-order valence-electron chi connectivity index (χ0n) is 12.1. The number of rotatable bonds is 5. The van der Waals surface area contributed by atoms with E-state index in [0.717, 1.165) is 4.90 Å². The first kappa shape index (κ1) is 15.3. The fourth-order valence-electron chi connectivity index (χ4n) is 1.86. The molecule has 0 saturated heterocycles. The van der Waals surface area contributed by atoms with Gasteiger partial charge in [-0.3, -0.25) is 4.79 Å². The number of methoxy groups -OCH3 is 1. The lowest BCUT2D eigenvalue weighted by molar-refractivity contribution is -0.113. The van der Waals surface area contributed by atoms with Crippen molar-refractivity contribution in [1.82, 2.24) is 0 Å². The van der Waals surface area contributed by atoms with Crippen LogP contribution in [0.4, 0.5) is 11.4 Å². The predicted octanol–water partition coefficient (Wildman–Crippen LogP) is 3.32. The van der Waals surface area contributed by atoms with E-state index >= 15 is 0 Å². The molecule has 2 rings (SSSR count). The Labute approximate surface area is 128 Å². The third-order valence-corrected chi connectivity index (χ3v) is 4.13. The molecule has 0 heterocycles. The molecule has 1 amide bonds. The highest BCUT2D eigenvalue weighted by Gasteiger charge is 2.09. The lowest BCUT2D eigenvalue weighted by Gasteiger charge is -2.11. The number of amides is 1. The van der Waals surface area contributed by atoms with Crippen molar-refractivity contribution >= 4 is 29.0 Å². The summed E-state index contributed by atoms with van der Waals surface area (Å²) in [6.07, 6.45) is 0. The number of ether oxygens (including phenoxy) is 1. The molecule has 0 radical (unpaired) electrons. The third kappa shape index (κ3) is 4.16. The van der Waals surface area contributed by atoms with Gasteiger partial charge in [-0.05, 0) is 30.7 Å². The number of anilines is 2. The van der Waals surface area contributed by atoms with Crippen LogP contribution in [-0.2, 0) is 4.79 Å². The molecule has 0 aliphatic heterocycles. The summed E-state index contributed by atoms with van der Waals surface area (Å²) in [5, 5.41) is 2.84. The minimum atomic E-state index is -0.0775. The molecule has 2 aromatic carbocycles. The molecule has 5 heteroatoms. The Morgan fingerprint density at radius 2 is 2.05 bits per heavy atom. The maximum Gasteiger partial charge on any atom is 0.234 e. The summed E-state index contributed by atoms with van der Waals surface area (Å²) in [4.78, 5) is 13.1. The van der Waals surface area contributed by atoms with E-state index in [1.165, 1.54) is 17.3 Å². The number of thioether (sulfide) groups is 1. The molecule has 110 valence electrons. The number of carbonyl (C=O) groups excluding carboxylic acids is 1. The molecule has 3 N–H and O–H groups in total. The number of hydrogen-bond donors (Lipinski definition) is 2. The maximum atomic E-state index is 12.0. The van der Waals surface area contributed by atoms with Crippen molar-refractivity contribution in [3.05, 3.63) is 48.0 Å². The van der Waals surface area contributed by atoms with Gasteiger partial charge in [0.25, 0.3) is 0 Å². The predicted molar refractivity (Wildman–Crippen MR) is 87.9 cm³/mol. The Morgan fingerprint density at radius 3 is 2.76 bits per heavy atom. The van der Waals surface area contributed by atoms with Crippen LogP contribution in [0.25, 0.3) is 0 Å². The van der Waals surface area contributed by atoms with Crippen LogP contribution in [0.15, 0.2) is 47.4 Å². The van der Waals surface area contributed by atoms with E-state index in [9.17, 15) is 4.79 Å². The second-order valence-corrected chi connectivity index (χ2v) is 5.58. The molecule has 0 atom stereocenters. The second-order valence-electron chi connectivity index (χ2n) is 4.56. The van der Waals surface area contributed by atoms with Gasteiger partial charge in [0, 0.05) is 16.6 Å². The van der Waals surface area contributed by atoms with Gasteiger partial charge in [-0.15, -0.1) is 11.8 Å². The average Bonchev–Trinajstić information content (AvgIpc) is 2.48. The Hall–Kier alpha value is -2.14. The van der Waals surface area contributed by atoms with E-state index in [-0.39, 0.29) is 5.91 Å². The normalized spacial score (nSPS) is 10.2. The maximum absolute atomic E-state index is 12.0. The number of nitrogens with one attached hydrogen (secondary N) is 1. The van der Waals surface area contributed by atoms with Crippen molar-refractivity contribution in [2.45, 2.75) is 11.8 Å². The van der Waals surface area contributed by atoms with Crippen LogP contribution in [0.5, 0.6) is 5.75 Å². The number of aryl methyl sites for hydroxylation is 1. The fraction of sp³-hybridized carbons (Fsp3) is 0.188. The van der Waals surface area contributed by atoms with Crippen molar-refractivity contribution in [1.29, 1.82) is 0 Å².